The molecule has 9 heteroatoms. The highest BCUT2D eigenvalue weighted by Gasteiger charge is 2.29. The molecule has 1 atom stereocenters. The van der Waals surface area contributed by atoms with Crippen molar-refractivity contribution in [2.45, 2.75) is 36.9 Å². The maximum atomic E-state index is 11.8. The second-order valence-electron chi connectivity index (χ2n) is 6.89. The highest BCUT2D eigenvalue weighted by molar-refractivity contribution is 7.91. The van der Waals surface area contributed by atoms with Gasteiger partial charge in [0, 0.05) is 43.2 Å². The zero-order chi connectivity index (χ0) is 17.4. The van der Waals surface area contributed by atoms with E-state index in [2.05, 4.69) is 25.5 Å². The molecule has 0 spiro atoms. The third-order valence-electron chi connectivity index (χ3n) is 4.78. The van der Waals surface area contributed by atoms with Crippen LogP contribution in [0.25, 0.3) is 0 Å². The van der Waals surface area contributed by atoms with Crippen LogP contribution in [-0.4, -0.2) is 53.2 Å². The molecule has 1 unspecified atom stereocenters. The van der Waals surface area contributed by atoms with Crippen molar-refractivity contribution in [2.75, 3.05) is 29.6 Å². The van der Waals surface area contributed by atoms with Gasteiger partial charge in [0.2, 0.25) is 5.95 Å². The van der Waals surface area contributed by atoms with Gasteiger partial charge in [0.15, 0.2) is 15.7 Å². The summed E-state index contributed by atoms with van der Waals surface area (Å²) >= 11 is 0. The van der Waals surface area contributed by atoms with Crippen LogP contribution < -0.4 is 10.2 Å². The smallest absolute Gasteiger partial charge is 0.227 e. The fourth-order valence-electron chi connectivity index (χ4n) is 3.18. The number of piperidine rings is 1. The fourth-order valence-corrected chi connectivity index (χ4v) is 4.22. The van der Waals surface area contributed by atoms with E-state index in [0.717, 1.165) is 24.5 Å². The Hall–Kier alpha value is -2.16. The zero-order valence-electron chi connectivity index (χ0n) is 14.1. The van der Waals surface area contributed by atoms with E-state index in [1.807, 2.05) is 11.0 Å². The molecule has 0 radical (unpaired) electrons. The Balaban J connectivity index is 1.48. The predicted molar refractivity (Wildman–Crippen MR) is 96.0 cm³/mol. The SMILES string of the molecule is CS(=O)(=O)C1CCCN(c2nccc(Nc3cc(C4CC4)[nH]n3)n2)C1. The molecule has 0 aromatic carbocycles. The van der Waals surface area contributed by atoms with Crippen molar-refractivity contribution in [3.05, 3.63) is 24.0 Å². The van der Waals surface area contributed by atoms with Crippen LogP contribution in [-0.2, 0) is 9.84 Å². The number of rotatable bonds is 5. The quantitative estimate of drug-likeness (QED) is 0.836. The predicted octanol–water partition coefficient (Wildman–Crippen LogP) is 1.83. The summed E-state index contributed by atoms with van der Waals surface area (Å²) in [7, 11) is -3.05. The summed E-state index contributed by atoms with van der Waals surface area (Å²) < 4.78 is 23.7. The third-order valence-corrected chi connectivity index (χ3v) is 6.38. The van der Waals surface area contributed by atoms with Gasteiger partial charge in [-0.2, -0.15) is 10.1 Å². The van der Waals surface area contributed by atoms with E-state index in [1.54, 1.807) is 12.3 Å². The summed E-state index contributed by atoms with van der Waals surface area (Å²) in [6, 6.07) is 3.80. The van der Waals surface area contributed by atoms with E-state index in [4.69, 9.17) is 0 Å². The number of aromatic nitrogens is 4. The van der Waals surface area contributed by atoms with Gasteiger partial charge in [-0.15, -0.1) is 0 Å². The molecule has 2 aliphatic rings. The monoisotopic (exact) mass is 362 g/mol. The lowest BCUT2D eigenvalue weighted by Crippen LogP contribution is -2.42. The Morgan fingerprint density at radius 1 is 1.28 bits per heavy atom. The van der Waals surface area contributed by atoms with E-state index in [1.165, 1.54) is 19.1 Å². The molecule has 0 amide bonds. The van der Waals surface area contributed by atoms with Gasteiger partial charge >= 0.3 is 0 Å². The molecule has 2 fully saturated rings. The first kappa shape index (κ1) is 16.3. The van der Waals surface area contributed by atoms with Crippen LogP contribution in [0.2, 0.25) is 0 Å². The van der Waals surface area contributed by atoms with Crippen molar-refractivity contribution >= 4 is 27.4 Å². The van der Waals surface area contributed by atoms with Gasteiger partial charge in [-0.05, 0) is 31.7 Å². The van der Waals surface area contributed by atoms with E-state index in [9.17, 15) is 8.42 Å². The summed E-state index contributed by atoms with van der Waals surface area (Å²) in [5, 5.41) is 10.2. The number of H-pyrrole nitrogens is 1. The Morgan fingerprint density at radius 3 is 2.88 bits per heavy atom. The molecule has 134 valence electrons. The number of aromatic amines is 1. The largest absolute Gasteiger partial charge is 0.339 e. The molecule has 4 rings (SSSR count). The van der Waals surface area contributed by atoms with Crippen molar-refractivity contribution in [1.29, 1.82) is 0 Å². The lowest BCUT2D eigenvalue weighted by atomic mass is 10.1. The van der Waals surface area contributed by atoms with Crippen molar-refractivity contribution in [1.82, 2.24) is 20.2 Å². The molecule has 2 aromatic heterocycles. The topological polar surface area (TPSA) is 104 Å². The molecule has 25 heavy (non-hydrogen) atoms. The molecule has 2 aromatic rings. The van der Waals surface area contributed by atoms with Crippen LogP contribution in [0.3, 0.4) is 0 Å². The number of anilines is 3. The van der Waals surface area contributed by atoms with Gasteiger partial charge in [-0.3, -0.25) is 5.10 Å². The van der Waals surface area contributed by atoms with Crippen LogP contribution in [0, 0.1) is 0 Å². The van der Waals surface area contributed by atoms with Crippen LogP contribution in [0.4, 0.5) is 17.6 Å². The normalized spacial score (nSPS) is 21.3. The summed E-state index contributed by atoms with van der Waals surface area (Å²) in [5.41, 5.74) is 1.16. The molecule has 3 heterocycles. The Labute approximate surface area is 147 Å². The van der Waals surface area contributed by atoms with Crippen LogP contribution >= 0.6 is 0 Å². The van der Waals surface area contributed by atoms with E-state index in [-0.39, 0.29) is 5.25 Å². The molecule has 1 saturated heterocycles. The highest BCUT2D eigenvalue weighted by atomic mass is 32.2. The van der Waals surface area contributed by atoms with E-state index in [0.29, 0.717) is 30.6 Å². The first-order valence-electron chi connectivity index (χ1n) is 8.58. The third kappa shape index (κ3) is 3.76. The summed E-state index contributed by atoms with van der Waals surface area (Å²) in [4.78, 5) is 10.8. The first-order valence-corrected chi connectivity index (χ1v) is 10.5. The summed E-state index contributed by atoms with van der Waals surface area (Å²) in [6.07, 6.45) is 6.94. The van der Waals surface area contributed by atoms with Crippen LogP contribution in [0.1, 0.15) is 37.3 Å². The lowest BCUT2D eigenvalue weighted by Gasteiger charge is -2.31. The minimum atomic E-state index is -3.05. The minimum absolute atomic E-state index is 0.353. The zero-order valence-corrected chi connectivity index (χ0v) is 15.0. The van der Waals surface area contributed by atoms with Crippen LogP contribution in [0.5, 0.6) is 0 Å². The number of hydrogen-bond acceptors (Lipinski definition) is 7. The number of nitrogens with one attached hydrogen (secondary N) is 2. The second kappa shape index (κ2) is 6.29. The van der Waals surface area contributed by atoms with Crippen molar-refractivity contribution in [2.24, 2.45) is 0 Å². The van der Waals surface area contributed by atoms with Crippen molar-refractivity contribution < 1.29 is 8.42 Å². The standard InChI is InChI=1S/C16H22N6O2S/c1-25(23,24)12-3-2-8-22(10-12)16-17-7-6-14(19-16)18-15-9-13(20-21-15)11-4-5-11/h6-7,9,11-12H,2-5,8,10H2,1H3,(H2,17,18,19,20,21). The van der Waals surface area contributed by atoms with Gasteiger partial charge in [0.1, 0.15) is 5.82 Å². The Kier molecular flexibility index (Phi) is 4.10. The van der Waals surface area contributed by atoms with Crippen LogP contribution in [0.15, 0.2) is 18.3 Å². The van der Waals surface area contributed by atoms with Gasteiger partial charge in [-0.25, -0.2) is 13.4 Å². The summed E-state index contributed by atoms with van der Waals surface area (Å²) in [6.45, 7) is 1.21. The highest BCUT2D eigenvalue weighted by Crippen LogP contribution is 2.39. The molecule has 2 N–H and O–H groups in total. The van der Waals surface area contributed by atoms with Gasteiger partial charge in [0.05, 0.1) is 5.25 Å². The molecule has 8 nitrogen and oxygen atoms in total. The molecule has 1 saturated carbocycles. The van der Waals surface area contributed by atoms with Gasteiger partial charge < -0.3 is 10.2 Å². The Bertz CT molecular complexity index is 861. The fraction of sp³-hybridized carbons (Fsp3) is 0.562. The molecule has 1 aliphatic heterocycles. The average molecular weight is 362 g/mol. The van der Waals surface area contributed by atoms with E-state index < -0.39 is 9.84 Å². The molecular formula is C16H22N6O2S. The average Bonchev–Trinajstić information content (AvgIpc) is 3.35. The Morgan fingerprint density at radius 2 is 2.12 bits per heavy atom. The molecule has 0 bridgehead atoms. The summed E-state index contributed by atoms with van der Waals surface area (Å²) in [5.74, 6) is 2.56. The van der Waals surface area contributed by atoms with Gasteiger partial charge in [0.25, 0.3) is 0 Å². The maximum absolute atomic E-state index is 11.8. The van der Waals surface area contributed by atoms with Gasteiger partial charge in [-0.1, -0.05) is 0 Å². The van der Waals surface area contributed by atoms with Crippen molar-refractivity contribution in [3.8, 4) is 0 Å². The lowest BCUT2D eigenvalue weighted by molar-refractivity contribution is 0.531. The number of sulfone groups is 1. The molecular weight excluding hydrogens is 340 g/mol. The first-order chi connectivity index (χ1) is 12.0. The van der Waals surface area contributed by atoms with E-state index >= 15 is 0 Å². The minimum Gasteiger partial charge on any atom is -0.339 e. The number of hydrogen-bond donors (Lipinski definition) is 2. The number of nitrogens with zero attached hydrogens (tertiary/aromatic N) is 4. The second-order valence-corrected chi connectivity index (χ2v) is 9.22. The van der Waals surface area contributed by atoms with Crippen molar-refractivity contribution in [3.63, 3.8) is 0 Å². The maximum Gasteiger partial charge on any atom is 0.227 e. The molecule has 1 aliphatic carbocycles.